The number of amides is 1. The number of nitrogens with one attached hydrogen (secondary N) is 1. The lowest BCUT2D eigenvalue weighted by atomic mass is 10.4. The molecule has 0 fully saturated rings. The van der Waals surface area contributed by atoms with Crippen LogP contribution >= 0.6 is 0 Å². The van der Waals surface area contributed by atoms with Crippen LogP contribution in [0.3, 0.4) is 0 Å². The van der Waals surface area contributed by atoms with Crippen LogP contribution in [0.4, 0.5) is 0 Å². The third-order valence-corrected chi connectivity index (χ3v) is 4.31. The van der Waals surface area contributed by atoms with Crippen molar-refractivity contribution >= 4 is 21.7 Å². The number of sulfone groups is 1. The first-order valence-corrected chi connectivity index (χ1v) is 7.72. The lowest BCUT2D eigenvalue weighted by Gasteiger charge is -2.05. The van der Waals surface area contributed by atoms with E-state index in [1.165, 1.54) is 19.2 Å². The van der Waals surface area contributed by atoms with Crippen LogP contribution in [0.15, 0.2) is 35.2 Å². The summed E-state index contributed by atoms with van der Waals surface area (Å²) in [6.45, 7) is 0.136. The summed E-state index contributed by atoms with van der Waals surface area (Å²) in [7, 11) is -2.19. The molecule has 0 saturated carbocycles. The molecule has 0 aliphatic carbocycles. The predicted octanol–water partition coefficient (Wildman–Crippen LogP) is 0.530. The summed E-state index contributed by atoms with van der Waals surface area (Å²) < 4.78 is 28.2. The van der Waals surface area contributed by atoms with Gasteiger partial charge in [-0.3, -0.25) is 9.59 Å². The van der Waals surface area contributed by atoms with E-state index in [4.69, 9.17) is 0 Å². The van der Waals surface area contributed by atoms with Gasteiger partial charge >= 0.3 is 5.97 Å². The number of hydrogen-bond donors (Lipinski definition) is 1. The second-order valence-corrected chi connectivity index (χ2v) is 6.17. The molecule has 0 unspecified atom stereocenters. The topological polar surface area (TPSA) is 89.5 Å². The van der Waals surface area contributed by atoms with Gasteiger partial charge in [0.05, 0.1) is 24.2 Å². The third-order valence-electron chi connectivity index (χ3n) is 2.58. The summed E-state index contributed by atoms with van der Waals surface area (Å²) in [6.07, 6.45) is -0.0773. The number of hydrogen-bond acceptors (Lipinski definition) is 5. The molecule has 7 heteroatoms. The smallest absolute Gasteiger partial charge is 0.307 e. The van der Waals surface area contributed by atoms with E-state index in [2.05, 4.69) is 10.1 Å². The van der Waals surface area contributed by atoms with E-state index in [1.54, 1.807) is 18.2 Å². The van der Waals surface area contributed by atoms with Gasteiger partial charge in [0.1, 0.15) is 0 Å². The van der Waals surface area contributed by atoms with E-state index in [0.717, 1.165) is 0 Å². The van der Waals surface area contributed by atoms with Gasteiger partial charge in [0, 0.05) is 13.0 Å². The quantitative estimate of drug-likeness (QED) is 0.742. The fourth-order valence-electron chi connectivity index (χ4n) is 1.47. The van der Waals surface area contributed by atoms with E-state index in [1.807, 2.05) is 0 Å². The van der Waals surface area contributed by atoms with Crippen molar-refractivity contribution in [1.82, 2.24) is 5.32 Å². The highest BCUT2D eigenvalue weighted by Gasteiger charge is 2.15. The van der Waals surface area contributed by atoms with Gasteiger partial charge in [0.25, 0.3) is 0 Å². The molecule has 20 heavy (non-hydrogen) atoms. The second-order valence-electron chi connectivity index (χ2n) is 4.06. The molecule has 0 aromatic heterocycles. The Morgan fingerprint density at radius 3 is 2.40 bits per heavy atom. The molecule has 110 valence electrons. The molecule has 0 heterocycles. The highest BCUT2D eigenvalue weighted by molar-refractivity contribution is 7.91. The average molecular weight is 299 g/mol. The summed E-state index contributed by atoms with van der Waals surface area (Å²) in [4.78, 5) is 22.5. The molecule has 1 aromatic rings. The van der Waals surface area contributed by atoms with E-state index < -0.39 is 21.7 Å². The summed E-state index contributed by atoms with van der Waals surface area (Å²) in [5, 5.41) is 2.47. The lowest BCUT2D eigenvalue weighted by molar-refractivity contribution is -0.140. The Morgan fingerprint density at radius 1 is 1.15 bits per heavy atom. The zero-order valence-electron chi connectivity index (χ0n) is 11.2. The van der Waals surface area contributed by atoms with Crippen LogP contribution in [0.1, 0.15) is 12.8 Å². The fraction of sp³-hybridized carbons (Fsp3) is 0.385. The van der Waals surface area contributed by atoms with Crippen molar-refractivity contribution in [2.45, 2.75) is 17.7 Å². The molecular weight excluding hydrogens is 282 g/mol. The SMILES string of the molecule is COC(=O)CCNC(=O)CCS(=O)(=O)c1ccccc1. The summed E-state index contributed by atoms with van der Waals surface area (Å²) in [5.41, 5.74) is 0. The van der Waals surface area contributed by atoms with Gasteiger partial charge in [0.15, 0.2) is 9.84 Å². The normalized spacial score (nSPS) is 10.8. The van der Waals surface area contributed by atoms with Gasteiger partial charge in [-0.15, -0.1) is 0 Å². The maximum atomic E-state index is 11.9. The third kappa shape index (κ3) is 5.40. The standard InChI is InChI=1S/C13H17NO5S/c1-19-13(16)7-9-14-12(15)8-10-20(17,18)11-5-3-2-4-6-11/h2-6H,7-10H2,1H3,(H,14,15). The minimum atomic E-state index is -3.45. The van der Waals surface area contributed by atoms with E-state index in [9.17, 15) is 18.0 Å². The number of ether oxygens (including phenoxy) is 1. The number of carbonyl (C=O) groups excluding carboxylic acids is 2. The van der Waals surface area contributed by atoms with E-state index in [0.29, 0.717) is 0 Å². The lowest BCUT2D eigenvalue weighted by Crippen LogP contribution is -2.28. The molecule has 1 aromatic carbocycles. The van der Waals surface area contributed by atoms with Crippen molar-refractivity contribution in [3.05, 3.63) is 30.3 Å². The Morgan fingerprint density at radius 2 is 1.80 bits per heavy atom. The number of benzene rings is 1. The largest absolute Gasteiger partial charge is 0.469 e. The highest BCUT2D eigenvalue weighted by atomic mass is 32.2. The van der Waals surface area contributed by atoms with Crippen LogP contribution in [-0.4, -0.2) is 39.7 Å². The van der Waals surface area contributed by atoms with Gasteiger partial charge in [-0.25, -0.2) is 8.42 Å². The van der Waals surface area contributed by atoms with Crippen LogP contribution in [0.25, 0.3) is 0 Å². The van der Waals surface area contributed by atoms with Gasteiger partial charge < -0.3 is 10.1 Å². The Hall–Kier alpha value is -1.89. The van der Waals surface area contributed by atoms with Gasteiger partial charge in [-0.1, -0.05) is 18.2 Å². The number of rotatable bonds is 7. The minimum Gasteiger partial charge on any atom is -0.469 e. The molecule has 0 bridgehead atoms. The number of esters is 1. The number of methoxy groups -OCH3 is 1. The first-order valence-electron chi connectivity index (χ1n) is 6.07. The van der Waals surface area contributed by atoms with Crippen LogP contribution in [0.5, 0.6) is 0 Å². The zero-order valence-corrected chi connectivity index (χ0v) is 12.0. The molecule has 0 aliphatic rings. The van der Waals surface area contributed by atoms with Crippen molar-refractivity contribution < 1.29 is 22.7 Å². The Balaban J connectivity index is 2.39. The van der Waals surface area contributed by atoms with Crippen LogP contribution in [0.2, 0.25) is 0 Å². The van der Waals surface area contributed by atoms with Crippen molar-refractivity contribution in [2.75, 3.05) is 19.4 Å². The maximum absolute atomic E-state index is 11.9. The Labute approximate surface area is 118 Å². The second kappa shape index (κ2) is 7.64. The van der Waals surface area contributed by atoms with Gasteiger partial charge in [0.2, 0.25) is 5.91 Å². The summed E-state index contributed by atoms with van der Waals surface area (Å²) >= 11 is 0. The molecule has 0 atom stereocenters. The summed E-state index contributed by atoms with van der Waals surface area (Å²) in [5.74, 6) is -1.10. The van der Waals surface area contributed by atoms with Gasteiger partial charge in [-0.2, -0.15) is 0 Å². The van der Waals surface area contributed by atoms with Crippen LogP contribution in [-0.2, 0) is 24.2 Å². The van der Waals surface area contributed by atoms with Crippen molar-refractivity contribution in [1.29, 1.82) is 0 Å². The minimum absolute atomic E-state index is 0.0632. The zero-order chi connectivity index (χ0) is 15.0. The van der Waals surface area contributed by atoms with Crippen molar-refractivity contribution in [3.63, 3.8) is 0 Å². The molecule has 0 saturated heterocycles. The molecule has 6 nitrogen and oxygen atoms in total. The molecule has 1 amide bonds. The summed E-state index contributed by atoms with van der Waals surface area (Å²) in [6, 6.07) is 7.96. The monoisotopic (exact) mass is 299 g/mol. The molecule has 1 N–H and O–H groups in total. The van der Waals surface area contributed by atoms with Crippen LogP contribution in [0, 0.1) is 0 Å². The maximum Gasteiger partial charge on any atom is 0.307 e. The van der Waals surface area contributed by atoms with Gasteiger partial charge in [-0.05, 0) is 12.1 Å². The van der Waals surface area contributed by atoms with Crippen molar-refractivity contribution in [2.24, 2.45) is 0 Å². The fourth-order valence-corrected chi connectivity index (χ4v) is 2.73. The number of carbonyl (C=O) groups is 2. The van der Waals surface area contributed by atoms with Crippen LogP contribution < -0.4 is 5.32 Å². The average Bonchev–Trinajstić information content (AvgIpc) is 2.46. The first kappa shape index (κ1) is 16.2. The first-order chi connectivity index (χ1) is 9.45. The Bertz CT molecular complexity index is 553. The highest BCUT2D eigenvalue weighted by Crippen LogP contribution is 2.10. The van der Waals surface area contributed by atoms with E-state index >= 15 is 0 Å². The van der Waals surface area contributed by atoms with E-state index in [-0.39, 0.29) is 30.0 Å². The molecule has 0 radical (unpaired) electrons. The Kier molecular flexibility index (Phi) is 6.17. The van der Waals surface area contributed by atoms with Crippen molar-refractivity contribution in [3.8, 4) is 0 Å². The molecule has 0 aliphatic heterocycles. The molecular formula is C13H17NO5S. The predicted molar refractivity (Wildman–Crippen MR) is 72.8 cm³/mol. The molecule has 0 spiro atoms. The molecule has 1 rings (SSSR count).